The molecule has 0 aliphatic heterocycles. The van der Waals surface area contributed by atoms with E-state index in [2.05, 4.69) is 27.0 Å². The Morgan fingerprint density at radius 2 is 2.16 bits per heavy atom. The molecule has 3 nitrogen and oxygen atoms in total. The number of anilines is 1. The second-order valence-electron chi connectivity index (χ2n) is 4.21. The van der Waals surface area contributed by atoms with Gasteiger partial charge in [0.1, 0.15) is 5.82 Å². The molecule has 0 amide bonds. The minimum atomic E-state index is -0.292. The van der Waals surface area contributed by atoms with E-state index < -0.39 is 0 Å². The molecule has 1 aromatic carbocycles. The van der Waals surface area contributed by atoms with Crippen LogP contribution in [0.3, 0.4) is 0 Å². The molecule has 0 fully saturated rings. The first-order chi connectivity index (χ1) is 9.13. The van der Waals surface area contributed by atoms with Crippen LogP contribution in [0.5, 0.6) is 0 Å². The number of aryl methyl sites for hydroxylation is 2. The molecule has 3 aromatic rings. The van der Waals surface area contributed by atoms with Crippen LogP contribution in [0.4, 0.5) is 10.3 Å². The number of aromatic nitrogens is 2. The zero-order valence-corrected chi connectivity index (χ0v) is 12.3. The molecule has 6 heteroatoms. The van der Waals surface area contributed by atoms with Crippen LogP contribution in [0.25, 0.3) is 11.0 Å². The molecule has 0 unspecified atom stereocenters. The van der Waals surface area contributed by atoms with Crippen molar-refractivity contribution in [2.45, 2.75) is 13.0 Å². The summed E-state index contributed by atoms with van der Waals surface area (Å²) >= 11 is 5.15. The number of nitrogen functional groups attached to an aromatic ring is 1. The molecule has 0 aliphatic rings. The Morgan fingerprint density at radius 1 is 1.32 bits per heavy atom. The Morgan fingerprint density at radius 3 is 2.89 bits per heavy atom. The second-order valence-corrected chi connectivity index (χ2v) is 6.76. The summed E-state index contributed by atoms with van der Waals surface area (Å²) in [5.41, 5.74) is 7.37. The average Bonchev–Trinajstić information content (AvgIpc) is 2.89. The summed E-state index contributed by atoms with van der Waals surface area (Å²) in [6, 6.07) is 8.68. The Hall–Kier alpha value is -1.40. The highest BCUT2D eigenvalue weighted by Gasteiger charge is 2.09. The van der Waals surface area contributed by atoms with E-state index in [-0.39, 0.29) is 5.82 Å². The van der Waals surface area contributed by atoms with E-state index in [0.717, 1.165) is 22.3 Å². The molecule has 0 bridgehead atoms. The molecular formula is C13H11BrFN3S. The number of halogens is 2. The van der Waals surface area contributed by atoms with Crippen molar-refractivity contribution in [2.24, 2.45) is 0 Å². The fourth-order valence-corrected chi connectivity index (χ4v) is 3.54. The van der Waals surface area contributed by atoms with Crippen LogP contribution in [0.1, 0.15) is 4.88 Å². The average molecular weight is 340 g/mol. The normalized spacial score (nSPS) is 11.3. The second kappa shape index (κ2) is 4.94. The number of hydrogen-bond acceptors (Lipinski definition) is 3. The third-order valence-corrected chi connectivity index (χ3v) is 4.63. The van der Waals surface area contributed by atoms with Gasteiger partial charge >= 0.3 is 0 Å². The molecule has 0 radical (unpaired) electrons. The van der Waals surface area contributed by atoms with Crippen LogP contribution in [0.15, 0.2) is 34.1 Å². The molecule has 19 heavy (non-hydrogen) atoms. The molecule has 0 saturated carbocycles. The number of hydrogen-bond donors (Lipinski definition) is 1. The minimum Gasteiger partial charge on any atom is -0.369 e. The van der Waals surface area contributed by atoms with Gasteiger partial charge in [-0.1, -0.05) is 0 Å². The van der Waals surface area contributed by atoms with Gasteiger partial charge in [-0.25, -0.2) is 9.37 Å². The molecule has 0 atom stereocenters. The molecule has 2 aromatic heterocycles. The summed E-state index contributed by atoms with van der Waals surface area (Å²) in [5.74, 6) is 0.135. The predicted octanol–water partition coefficient (Wildman–Crippen LogP) is 3.82. The molecule has 2 N–H and O–H groups in total. The SMILES string of the molecule is Nc1nc2cc(F)ccc2n1CCc1ccc(Br)s1. The van der Waals surface area contributed by atoms with E-state index in [1.807, 2.05) is 10.6 Å². The van der Waals surface area contributed by atoms with Gasteiger partial charge in [0.15, 0.2) is 0 Å². The highest BCUT2D eigenvalue weighted by Crippen LogP contribution is 2.24. The van der Waals surface area contributed by atoms with Crippen LogP contribution >= 0.6 is 27.3 Å². The van der Waals surface area contributed by atoms with E-state index in [0.29, 0.717) is 11.5 Å². The third-order valence-electron chi connectivity index (χ3n) is 2.95. The molecule has 0 aliphatic carbocycles. The van der Waals surface area contributed by atoms with Gasteiger partial charge in [-0.15, -0.1) is 11.3 Å². The van der Waals surface area contributed by atoms with E-state index >= 15 is 0 Å². The quantitative estimate of drug-likeness (QED) is 0.788. The van der Waals surface area contributed by atoms with Crippen molar-refractivity contribution in [3.05, 3.63) is 44.8 Å². The number of nitrogens with zero attached hydrogens (tertiary/aromatic N) is 2. The molecule has 3 rings (SSSR count). The standard InChI is InChI=1S/C13H11BrFN3S/c14-12-4-2-9(19-12)5-6-18-11-3-1-8(15)7-10(11)17-13(18)16/h1-4,7H,5-6H2,(H2,16,17). The van der Waals surface area contributed by atoms with Crippen molar-refractivity contribution in [3.8, 4) is 0 Å². The van der Waals surface area contributed by atoms with Gasteiger partial charge in [0.05, 0.1) is 14.8 Å². The van der Waals surface area contributed by atoms with Gasteiger partial charge in [0.25, 0.3) is 0 Å². The fraction of sp³-hybridized carbons (Fsp3) is 0.154. The van der Waals surface area contributed by atoms with E-state index in [1.54, 1.807) is 17.4 Å². The zero-order valence-electron chi connectivity index (χ0n) is 9.94. The van der Waals surface area contributed by atoms with Crippen molar-refractivity contribution < 1.29 is 4.39 Å². The number of imidazole rings is 1. The lowest BCUT2D eigenvalue weighted by Gasteiger charge is -2.05. The van der Waals surface area contributed by atoms with Crippen molar-refractivity contribution in [2.75, 3.05) is 5.73 Å². The molecule has 0 spiro atoms. The van der Waals surface area contributed by atoms with Crippen LogP contribution in [0.2, 0.25) is 0 Å². The van der Waals surface area contributed by atoms with Crippen molar-refractivity contribution in [1.82, 2.24) is 9.55 Å². The monoisotopic (exact) mass is 339 g/mol. The van der Waals surface area contributed by atoms with Gasteiger partial charge in [0.2, 0.25) is 5.95 Å². The van der Waals surface area contributed by atoms with Crippen LogP contribution in [-0.2, 0) is 13.0 Å². The number of rotatable bonds is 3. The van der Waals surface area contributed by atoms with E-state index in [1.165, 1.54) is 17.0 Å². The number of benzene rings is 1. The smallest absolute Gasteiger partial charge is 0.201 e. The Balaban J connectivity index is 1.90. The van der Waals surface area contributed by atoms with Crippen molar-refractivity contribution in [1.29, 1.82) is 0 Å². The molecule has 0 saturated heterocycles. The molecule has 98 valence electrons. The minimum absolute atomic E-state index is 0.292. The van der Waals surface area contributed by atoms with E-state index in [9.17, 15) is 4.39 Å². The number of nitrogens with two attached hydrogens (primary N) is 1. The number of thiophene rings is 1. The third kappa shape index (κ3) is 2.50. The van der Waals surface area contributed by atoms with Gasteiger partial charge in [-0.05, 0) is 46.6 Å². The Kier molecular flexibility index (Phi) is 3.28. The highest BCUT2D eigenvalue weighted by atomic mass is 79.9. The summed E-state index contributed by atoms with van der Waals surface area (Å²) in [5, 5.41) is 0. The van der Waals surface area contributed by atoms with Gasteiger partial charge in [-0.2, -0.15) is 0 Å². The predicted molar refractivity (Wildman–Crippen MR) is 79.8 cm³/mol. The summed E-state index contributed by atoms with van der Waals surface area (Å²) in [6.45, 7) is 0.737. The lowest BCUT2D eigenvalue weighted by atomic mass is 10.3. The topological polar surface area (TPSA) is 43.8 Å². The van der Waals surface area contributed by atoms with Gasteiger partial charge < -0.3 is 10.3 Å². The summed E-state index contributed by atoms with van der Waals surface area (Å²) < 4.78 is 16.2. The lowest BCUT2D eigenvalue weighted by molar-refractivity contribution is 0.629. The lowest BCUT2D eigenvalue weighted by Crippen LogP contribution is -2.05. The van der Waals surface area contributed by atoms with Crippen molar-refractivity contribution in [3.63, 3.8) is 0 Å². The molecule has 2 heterocycles. The van der Waals surface area contributed by atoms with E-state index in [4.69, 9.17) is 5.73 Å². The van der Waals surface area contributed by atoms with Crippen LogP contribution in [0, 0.1) is 5.82 Å². The first-order valence-corrected chi connectivity index (χ1v) is 7.40. The zero-order chi connectivity index (χ0) is 13.4. The van der Waals surface area contributed by atoms with Gasteiger partial charge in [0, 0.05) is 17.5 Å². The maximum absolute atomic E-state index is 13.1. The molecular weight excluding hydrogens is 329 g/mol. The Bertz CT molecular complexity index is 735. The fourth-order valence-electron chi connectivity index (χ4n) is 2.06. The highest BCUT2D eigenvalue weighted by molar-refractivity contribution is 9.11. The first kappa shape index (κ1) is 12.6. The number of fused-ring (bicyclic) bond motifs is 1. The largest absolute Gasteiger partial charge is 0.369 e. The summed E-state index contributed by atoms with van der Waals surface area (Å²) in [6.07, 6.45) is 0.878. The summed E-state index contributed by atoms with van der Waals surface area (Å²) in [7, 11) is 0. The van der Waals surface area contributed by atoms with Crippen molar-refractivity contribution >= 4 is 44.2 Å². The summed E-state index contributed by atoms with van der Waals surface area (Å²) in [4.78, 5) is 5.46. The first-order valence-electron chi connectivity index (χ1n) is 5.79. The van der Waals surface area contributed by atoms with Crippen LogP contribution < -0.4 is 5.73 Å². The Labute approximate surface area is 122 Å². The maximum atomic E-state index is 13.1. The maximum Gasteiger partial charge on any atom is 0.201 e. The van der Waals surface area contributed by atoms with Gasteiger partial charge in [-0.3, -0.25) is 0 Å². The van der Waals surface area contributed by atoms with Crippen LogP contribution in [-0.4, -0.2) is 9.55 Å².